The molecule has 1 saturated heterocycles. The summed E-state index contributed by atoms with van der Waals surface area (Å²) in [6.07, 6.45) is 3.91. The van der Waals surface area contributed by atoms with Gasteiger partial charge in [-0.3, -0.25) is 9.48 Å². The van der Waals surface area contributed by atoms with E-state index in [9.17, 15) is 4.79 Å². The van der Waals surface area contributed by atoms with Crippen LogP contribution in [-0.4, -0.2) is 49.1 Å². The first-order valence-electron chi connectivity index (χ1n) is 7.80. The molecule has 23 heavy (non-hydrogen) atoms. The SMILES string of the molecule is Cn1nccc1C1CCCN(C(=O)c2ccc3n[nH]nc3c2)C1. The highest BCUT2D eigenvalue weighted by Crippen LogP contribution is 2.27. The largest absolute Gasteiger partial charge is 0.338 e. The van der Waals surface area contributed by atoms with E-state index in [1.54, 1.807) is 6.07 Å². The number of aromatic amines is 1. The van der Waals surface area contributed by atoms with Gasteiger partial charge in [0.05, 0.1) is 0 Å². The number of nitrogens with one attached hydrogen (secondary N) is 1. The molecule has 0 spiro atoms. The molecule has 3 heterocycles. The minimum absolute atomic E-state index is 0.0572. The lowest BCUT2D eigenvalue weighted by molar-refractivity contribution is 0.0704. The fourth-order valence-corrected chi connectivity index (χ4v) is 3.34. The third-order valence-corrected chi connectivity index (χ3v) is 4.55. The van der Waals surface area contributed by atoms with Crippen molar-refractivity contribution in [3.05, 3.63) is 41.7 Å². The van der Waals surface area contributed by atoms with Crippen molar-refractivity contribution in [2.24, 2.45) is 7.05 Å². The zero-order valence-electron chi connectivity index (χ0n) is 12.9. The van der Waals surface area contributed by atoms with Crippen LogP contribution in [0.5, 0.6) is 0 Å². The Morgan fingerprint density at radius 3 is 2.96 bits per heavy atom. The number of aromatic nitrogens is 5. The number of amides is 1. The number of hydrogen-bond acceptors (Lipinski definition) is 4. The minimum atomic E-state index is 0.0572. The predicted molar refractivity (Wildman–Crippen MR) is 85.0 cm³/mol. The van der Waals surface area contributed by atoms with Crippen LogP contribution >= 0.6 is 0 Å². The second-order valence-electron chi connectivity index (χ2n) is 6.00. The number of H-pyrrole nitrogens is 1. The zero-order valence-corrected chi connectivity index (χ0v) is 12.9. The molecule has 1 fully saturated rings. The topological polar surface area (TPSA) is 79.7 Å². The van der Waals surface area contributed by atoms with Crippen LogP contribution in [0.4, 0.5) is 0 Å². The monoisotopic (exact) mass is 310 g/mol. The molecule has 1 atom stereocenters. The Morgan fingerprint density at radius 2 is 2.13 bits per heavy atom. The van der Waals surface area contributed by atoms with Crippen molar-refractivity contribution in [3.8, 4) is 0 Å². The molecule has 118 valence electrons. The van der Waals surface area contributed by atoms with E-state index in [2.05, 4.69) is 20.5 Å². The maximum Gasteiger partial charge on any atom is 0.253 e. The van der Waals surface area contributed by atoms with Gasteiger partial charge in [0, 0.05) is 43.5 Å². The Kier molecular flexibility index (Phi) is 3.33. The van der Waals surface area contributed by atoms with Crippen LogP contribution in [0.15, 0.2) is 30.5 Å². The summed E-state index contributed by atoms with van der Waals surface area (Å²) in [7, 11) is 1.95. The summed E-state index contributed by atoms with van der Waals surface area (Å²) in [5.74, 6) is 0.401. The lowest BCUT2D eigenvalue weighted by Crippen LogP contribution is -2.39. The number of carbonyl (C=O) groups excluding carboxylic acids is 1. The van der Waals surface area contributed by atoms with Gasteiger partial charge in [-0.05, 0) is 37.1 Å². The van der Waals surface area contributed by atoms with Crippen molar-refractivity contribution >= 4 is 16.9 Å². The third kappa shape index (κ3) is 2.48. The molecule has 1 aromatic carbocycles. The molecule has 0 aliphatic carbocycles. The third-order valence-electron chi connectivity index (χ3n) is 4.55. The average molecular weight is 310 g/mol. The molecule has 7 heteroatoms. The van der Waals surface area contributed by atoms with Crippen molar-refractivity contribution < 1.29 is 4.79 Å². The summed E-state index contributed by atoms with van der Waals surface area (Å²) < 4.78 is 1.90. The average Bonchev–Trinajstić information content (AvgIpc) is 3.22. The smallest absolute Gasteiger partial charge is 0.253 e. The number of rotatable bonds is 2. The normalized spacial score (nSPS) is 18.5. The Morgan fingerprint density at radius 1 is 1.26 bits per heavy atom. The zero-order chi connectivity index (χ0) is 15.8. The molecule has 1 amide bonds. The van der Waals surface area contributed by atoms with E-state index in [0.29, 0.717) is 11.5 Å². The highest BCUT2D eigenvalue weighted by Gasteiger charge is 2.27. The molecule has 1 N–H and O–H groups in total. The van der Waals surface area contributed by atoms with Crippen LogP contribution in [0.25, 0.3) is 11.0 Å². The molecule has 0 bridgehead atoms. The van der Waals surface area contributed by atoms with Crippen molar-refractivity contribution in [1.29, 1.82) is 0 Å². The lowest BCUT2D eigenvalue weighted by atomic mass is 9.94. The van der Waals surface area contributed by atoms with Gasteiger partial charge in [0.25, 0.3) is 5.91 Å². The summed E-state index contributed by atoms with van der Waals surface area (Å²) in [5.41, 5.74) is 3.34. The number of fused-ring (bicyclic) bond motifs is 1. The highest BCUT2D eigenvalue weighted by molar-refractivity contribution is 5.97. The van der Waals surface area contributed by atoms with E-state index in [1.807, 2.05) is 41.0 Å². The first-order chi connectivity index (χ1) is 11.2. The van der Waals surface area contributed by atoms with Gasteiger partial charge in [-0.1, -0.05) is 0 Å². The van der Waals surface area contributed by atoms with Crippen LogP contribution in [0.3, 0.4) is 0 Å². The first kappa shape index (κ1) is 13.9. The van der Waals surface area contributed by atoms with Gasteiger partial charge in [-0.25, -0.2) is 0 Å². The van der Waals surface area contributed by atoms with E-state index in [1.165, 1.54) is 5.69 Å². The van der Waals surface area contributed by atoms with Gasteiger partial charge in [-0.2, -0.15) is 20.5 Å². The Labute approximate surface area is 133 Å². The maximum atomic E-state index is 12.8. The predicted octanol–water partition coefficient (Wildman–Crippen LogP) is 1.71. The molecule has 2 aromatic heterocycles. The summed E-state index contributed by atoms with van der Waals surface area (Å²) in [6.45, 7) is 1.53. The van der Waals surface area contributed by atoms with Crippen molar-refractivity contribution in [3.63, 3.8) is 0 Å². The minimum Gasteiger partial charge on any atom is -0.338 e. The molecule has 1 aliphatic rings. The highest BCUT2D eigenvalue weighted by atomic mass is 16.2. The van der Waals surface area contributed by atoms with Gasteiger partial charge in [0.15, 0.2) is 0 Å². The van der Waals surface area contributed by atoms with E-state index >= 15 is 0 Å². The second kappa shape index (κ2) is 5.49. The molecule has 4 rings (SSSR count). The molecule has 0 saturated carbocycles. The summed E-state index contributed by atoms with van der Waals surface area (Å²) >= 11 is 0. The molecule has 0 radical (unpaired) electrons. The van der Waals surface area contributed by atoms with E-state index < -0.39 is 0 Å². The molecule has 7 nitrogen and oxygen atoms in total. The molecule has 1 aliphatic heterocycles. The summed E-state index contributed by atoms with van der Waals surface area (Å²) in [6, 6.07) is 7.49. The van der Waals surface area contributed by atoms with Gasteiger partial charge >= 0.3 is 0 Å². The van der Waals surface area contributed by atoms with Gasteiger partial charge < -0.3 is 4.90 Å². The Bertz CT molecular complexity index is 851. The van der Waals surface area contributed by atoms with Crippen LogP contribution in [-0.2, 0) is 7.05 Å². The number of carbonyl (C=O) groups is 1. The number of hydrogen-bond donors (Lipinski definition) is 1. The van der Waals surface area contributed by atoms with Crippen LogP contribution in [0.2, 0.25) is 0 Å². The fourth-order valence-electron chi connectivity index (χ4n) is 3.34. The van der Waals surface area contributed by atoms with Crippen molar-refractivity contribution in [2.45, 2.75) is 18.8 Å². The van der Waals surface area contributed by atoms with Gasteiger partial charge in [-0.15, -0.1) is 0 Å². The summed E-state index contributed by atoms with van der Waals surface area (Å²) in [4.78, 5) is 14.7. The van der Waals surface area contributed by atoms with Crippen molar-refractivity contribution in [1.82, 2.24) is 30.1 Å². The van der Waals surface area contributed by atoms with Gasteiger partial charge in [0.2, 0.25) is 0 Å². The number of aryl methyl sites for hydroxylation is 1. The van der Waals surface area contributed by atoms with Crippen LogP contribution < -0.4 is 0 Å². The molecule has 1 unspecified atom stereocenters. The lowest BCUT2D eigenvalue weighted by Gasteiger charge is -2.32. The molecular formula is C16H18N6O. The maximum absolute atomic E-state index is 12.8. The first-order valence-corrected chi connectivity index (χ1v) is 7.80. The number of piperidine rings is 1. The van der Waals surface area contributed by atoms with E-state index in [-0.39, 0.29) is 5.91 Å². The molecular weight excluding hydrogens is 292 g/mol. The quantitative estimate of drug-likeness (QED) is 0.781. The summed E-state index contributed by atoms with van der Waals surface area (Å²) in [5, 5.41) is 14.9. The van der Waals surface area contributed by atoms with E-state index in [4.69, 9.17) is 0 Å². The van der Waals surface area contributed by atoms with E-state index in [0.717, 1.165) is 37.0 Å². The van der Waals surface area contributed by atoms with Crippen molar-refractivity contribution in [2.75, 3.05) is 13.1 Å². The Hall–Kier alpha value is -2.70. The van der Waals surface area contributed by atoms with Gasteiger partial charge in [0.1, 0.15) is 11.0 Å². The second-order valence-corrected chi connectivity index (χ2v) is 6.00. The standard InChI is InChI=1S/C16H18N6O/c1-21-15(6-7-17-21)12-3-2-8-22(10-12)16(23)11-4-5-13-14(9-11)19-20-18-13/h4-7,9,12H,2-3,8,10H2,1H3,(H,18,19,20). The molecule has 3 aromatic rings. The fraction of sp³-hybridized carbons (Fsp3) is 0.375. The number of likely N-dealkylation sites (tertiary alicyclic amines) is 1. The van der Waals surface area contributed by atoms with Crippen LogP contribution in [0.1, 0.15) is 34.8 Å². The number of benzene rings is 1. The van der Waals surface area contributed by atoms with Crippen LogP contribution in [0, 0.1) is 0 Å². The Balaban J connectivity index is 1.56. The number of nitrogens with zero attached hydrogens (tertiary/aromatic N) is 5.